The van der Waals surface area contributed by atoms with Crippen LogP contribution in [0.25, 0.3) is 10.2 Å². The first kappa shape index (κ1) is 13.0. The molecule has 4 nitrogen and oxygen atoms in total. The summed E-state index contributed by atoms with van der Waals surface area (Å²) in [6.07, 6.45) is 4.00. The molecule has 1 atom stereocenters. The summed E-state index contributed by atoms with van der Waals surface area (Å²) in [7, 11) is 0. The van der Waals surface area contributed by atoms with E-state index < -0.39 is 0 Å². The number of fused-ring (bicyclic) bond motifs is 1. The molecule has 0 saturated carbocycles. The molecule has 0 aromatic carbocycles. The maximum absolute atomic E-state index is 5.78. The molecule has 1 aliphatic rings. The molecular weight excluding hydrogens is 276 g/mol. The molecule has 1 fully saturated rings. The van der Waals surface area contributed by atoms with Crippen molar-refractivity contribution in [1.29, 1.82) is 0 Å². The summed E-state index contributed by atoms with van der Waals surface area (Å²) in [5.41, 5.74) is 5.78. The van der Waals surface area contributed by atoms with Crippen LogP contribution in [0.15, 0.2) is 6.07 Å². The number of thiophene rings is 1. The van der Waals surface area contributed by atoms with Gasteiger partial charge in [-0.3, -0.25) is 0 Å². The number of thioether (sulfide) groups is 1. The number of nitrogens with one attached hydrogen (secondary N) is 1. The van der Waals surface area contributed by atoms with Crippen molar-refractivity contribution >= 4 is 45.1 Å². The minimum atomic E-state index is 0.355. The maximum Gasteiger partial charge on any atom is 0.223 e. The number of aromatic nitrogens is 2. The van der Waals surface area contributed by atoms with Crippen molar-refractivity contribution in [3.63, 3.8) is 0 Å². The summed E-state index contributed by atoms with van der Waals surface area (Å²) in [5.74, 6) is 2.52. The molecule has 2 aromatic rings. The van der Waals surface area contributed by atoms with E-state index in [1.165, 1.54) is 29.9 Å². The SMILES string of the molecule is Cc1cc2c(NCC3CCCCS3)nc(N)nc2s1. The van der Waals surface area contributed by atoms with Gasteiger partial charge in [0.15, 0.2) is 0 Å². The summed E-state index contributed by atoms with van der Waals surface area (Å²) in [5, 5.41) is 5.26. The van der Waals surface area contributed by atoms with Gasteiger partial charge in [-0.2, -0.15) is 16.7 Å². The van der Waals surface area contributed by atoms with Crippen LogP contribution in [0, 0.1) is 6.92 Å². The Bertz CT molecular complexity index is 575. The van der Waals surface area contributed by atoms with Crippen LogP contribution in [-0.2, 0) is 0 Å². The summed E-state index contributed by atoms with van der Waals surface area (Å²) in [6, 6.07) is 2.13. The van der Waals surface area contributed by atoms with Gasteiger partial charge in [0, 0.05) is 16.7 Å². The highest BCUT2D eigenvalue weighted by molar-refractivity contribution is 7.99. The van der Waals surface area contributed by atoms with Gasteiger partial charge in [-0.05, 0) is 31.6 Å². The number of hydrogen-bond acceptors (Lipinski definition) is 6. The molecule has 0 amide bonds. The van der Waals surface area contributed by atoms with E-state index >= 15 is 0 Å². The van der Waals surface area contributed by atoms with Crippen molar-refractivity contribution in [2.45, 2.75) is 31.4 Å². The van der Waals surface area contributed by atoms with Crippen LogP contribution in [0.2, 0.25) is 0 Å². The fraction of sp³-hybridized carbons (Fsp3) is 0.538. The number of nitrogens with two attached hydrogens (primary N) is 1. The zero-order valence-electron chi connectivity index (χ0n) is 11.0. The Morgan fingerprint density at radius 3 is 3.11 bits per heavy atom. The molecule has 1 aliphatic heterocycles. The first-order chi connectivity index (χ1) is 9.22. The molecule has 3 rings (SSSR count). The van der Waals surface area contributed by atoms with Gasteiger partial charge < -0.3 is 11.1 Å². The maximum atomic E-state index is 5.78. The monoisotopic (exact) mass is 294 g/mol. The predicted octanol–water partition coefficient (Wildman–Crippen LogP) is 3.28. The van der Waals surface area contributed by atoms with Crippen LogP contribution in [0.3, 0.4) is 0 Å². The zero-order valence-corrected chi connectivity index (χ0v) is 12.6. The van der Waals surface area contributed by atoms with Crippen LogP contribution >= 0.6 is 23.1 Å². The Morgan fingerprint density at radius 1 is 1.42 bits per heavy atom. The zero-order chi connectivity index (χ0) is 13.2. The number of nitrogen functional groups attached to an aromatic ring is 1. The quantitative estimate of drug-likeness (QED) is 0.909. The molecule has 0 bridgehead atoms. The van der Waals surface area contributed by atoms with Gasteiger partial charge in [-0.25, -0.2) is 4.98 Å². The lowest BCUT2D eigenvalue weighted by Gasteiger charge is -2.21. The summed E-state index contributed by atoms with van der Waals surface area (Å²) in [4.78, 5) is 10.9. The van der Waals surface area contributed by atoms with Crippen molar-refractivity contribution in [2.24, 2.45) is 0 Å². The molecule has 3 heterocycles. The van der Waals surface area contributed by atoms with Gasteiger partial charge in [-0.15, -0.1) is 11.3 Å². The van der Waals surface area contributed by atoms with E-state index in [9.17, 15) is 0 Å². The van der Waals surface area contributed by atoms with E-state index in [2.05, 4.69) is 40.0 Å². The second-order valence-corrected chi connectivity index (χ2v) is 7.52. The van der Waals surface area contributed by atoms with Crippen LogP contribution in [0.5, 0.6) is 0 Å². The highest BCUT2D eigenvalue weighted by atomic mass is 32.2. The topological polar surface area (TPSA) is 63.8 Å². The van der Waals surface area contributed by atoms with E-state index in [-0.39, 0.29) is 0 Å². The molecule has 1 saturated heterocycles. The van der Waals surface area contributed by atoms with E-state index in [0.29, 0.717) is 11.2 Å². The minimum absolute atomic E-state index is 0.355. The number of nitrogens with zero attached hydrogens (tertiary/aromatic N) is 2. The smallest absolute Gasteiger partial charge is 0.223 e. The molecular formula is C13H18N4S2. The number of rotatable bonds is 3. The van der Waals surface area contributed by atoms with E-state index in [1.807, 2.05) is 0 Å². The lowest BCUT2D eigenvalue weighted by atomic mass is 10.2. The van der Waals surface area contributed by atoms with Crippen LogP contribution in [0.4, 0.5) is 11.8 Å². The number of anilines is 2. The predicted molar refractivity (Wildman–Crippen MR) is 85.2 cm³/mol. The molecule has 0 radical (unpaired) electrons. The van der Waals surface area contributed by atoms with Crippen molar-refractivity contribution < 1.29 is 0 Å². The molecule has 2 aromatic heterocycles. The molecule has 0 spiro atoms. The normalized spacial score (nSPS) is 19.7. The molecule has 19 heavy (non-hydrogen) atoms. The van der Waals surface area contributed by atoms with E-state index in [1.54, 1.807) is 11.3 Å². The van der Waals surface area contributed by atoms with Gasteiger partial charge in [0.05, 0.1) is 5.39 Å². The molecule has 102 valence electrons. The van der Waals surface area contributed by atoms with Gasteiger partial charge in [0.1, 0.15) is 10.6 Å². The van der Waals surface area contributed by atoms with Crippen LogP contribution in [-0.4, -0.2) is 27.5 Å². The van der Waals surface area contributed by atoms with Gasteiger partial charge in [0.25, 0.3) is 0 Å². The van der Waals surface area contributed by atoms with Gasteiger partial charge in [0.2, 0.25) is 5.95 Å². The van der Waals surface area contributed by atoms with Crippen molar-refractivity contribution in [3.8, 4) is 0 Å². The average Bonchev–Trinajstić information content (AvgIpc) is 2.77. The number of hydrogen-bond donors (Lipinski definition) is 2. The van der Waals surface area contributed by atoms with E-state index in [4.69, 9.17) is 5.73 Å². The third-order valence-corrected chi connectivity index (χ3v) is 5.65. The standard InChI is InChI=1S/C13H18N4S2/c1-8-6-10-11(16-13(14)17-12(10)19-8)15-7-9-4-2-3-5-18-9/h6,9H,2-5,7H2,1H3,(H3,14,15,16,17). The molecule has 1 unspecified atom stereocenters. The number of aryl methyl sites for hydroxylation is 1. The summed E-state index contributed by atoms with van der Waals surface area (Å²) < 4.78 is 0. The Labute approximate surface area is 121 Å². The van der Waals surface area contributed by atoms with Crippen molar-refractivity contribution in [2.75, 3.05) is 23.3 Å². The Hall–Kier alpha value is -1.01. The first-order valence-corrected chi connectivity index (χ1v) is 8.48. The van der Waals surface area contributed by atoms with E-state index in [0.717, 1.165) is 22.6 Å². The summed E-state index contributed by atoms with van der Waals surface area (Å²) >= 11 is 3.73. The largest absolute Gasteiger partial charge is 0.368 e. The molecule has 0 aliphatic carbocycles. The second kappa shape index (κ2) is 5.54. The Morgan fingerprint density at radius 2 is 2.32 bits per heavy atom. The lowest BCUT2D eigenvalue weighted by Crippen LogP contribution is -2.20. The Kier molecular flexibility index (Phi) is 3.79. The molecule has 6 heteroatoms. The second-order valence-electron chi connectivity index (χ2n) is 4.88. The summed E-state index contributed by atoms with van der Waals surface area (Å²) in [6.45, 7) is 3.05. The van der Waals surface area contributed by atoms with Crippen molar-refractivity contribution in [3.05, 3.63) is 10.9 Å². The Balaban J connectivity index is 1.79. The van der Waals surface area contributed by atoms with Crippen LogP contribution in [0.1, 0.15) is 24.1 Å². The third-order valence-electron chi connectivity index (χ3n) is 3.30. The minimum Gasteiger partial charge on any atom is -0.368 e. The van der Waals surface area contributed by atoms with Crippen molar-refractivity contribution in [1.82, 2.24) is 9.97 Å². The lowest BCUT2D eigenvalue weighted by molar-refractivity contribution is 0.677. The van der Waals surface area contributed by atoms with Gasteiger partial charge in [-0.1, -0.05) is 6.42 Å². The highest BCUT2D eigenvalue weighted by Crippen LogP contribution is 2.30. The first-order valence-electron chi connectivity index (χ1n) is 6.61. The highest BCUT2D eigenvalue weighted by Gasteiger charge is 2.15. The average molecular weight is 294 g/mol. The third kappa shape index (κ3) is 2.95. The fourth-order valence-corrected chi connectivity index (χ4v) is 4.50. The molecule has 3 N–H and O–H groups in total. The van der Waals surface area contributed by atoms with Crippen LogP contribution < -0.4 is 11.1 Å². The van der Waals surface area contributed by atoms with Gasteiger partial charge >= 0.3 is 0 Å². The fourth-order valence-electron chi connectivity index (χ4n) is 2.37.